The number of rotatable bonds is 3. The molecule has 2 nitrogen and oxygen atoms in total. The highest BCUT2D eigenvalue weighted by Gasteiger charge is 2.11. The third-order valence-corrected chi connectivity index (χ3v) is 3.87. The van der Waals surface area contributed by atoms with Gasteiger partial charge in [-0.25, -0.2) is 4.39 Å². The Bertz CT molecular complexity index is 620. The molecule has 0 unspecified atom stereocenters. The molecule has 19 heavy (non-hydrogen) atoms. The van der Waals surface area contributed by atoms with Crippen LogP contribution in [0.3, 0.4) is 0 Å². The van der Waals surface area contributed by atoms with Gasteiger partial charge in [0.1, 0.15) is 5.75 Å². The fraction of sp³-hybridized carbons (Fsp3) is 0.0769. The Hall–Kier alpha value is -0.810. The molecule has 0 aliphatic rings. The number of halogens is 4. The van der Waals surface area contributed by atoms with Crippen LogP contribution in [0.4, 0.5) is 4.39 Å². The van der Waals surface area contributed by atoms with Crippen molar-refractivity contribution < 1.29 is 14.2 Å². The zero-order valence-electron chi connectivity index (χ0n) is 9.46. The quantitative estimate of drug-likeness (QED) is 0.759. The second-order valence-corrected chi connectivity index (χ2v) is 5.39. The zero-order chi connectivity index (χ0) is 14.0. The van der Waals surface area contributed by atoms with E-state index >= 15 is 0 Å². The van der Waals surface area contributed by atoms with Gasteiger partial charge in [0, 0.05) is 10.5 Å². The minimum atomic E-state index is -0.582. The molecule has 6 heteroatoms. The molecule has 2 aromatic carbocycles. The predicted molar refractivity (Wildman–Crippen MR) is 76.6 cm³/mol. The lowest BCUT2D eigenvalue weighted by Crippen LogP contribution is -1.92. The maximum absolute atomic E-state index is 13.7. The van der Waals surface area contributed by atoms with Crippen LogP contribution in [0.25, 0.3) is 0 Å². The van der Waals surface area contributed by atoms with E-state index in [0.29, 0.717) is 20.1 Å². The van der Waals surface area contributed by atoms with Crippen molar-refractivity contribution in [1.29, 1.82) is 0 Å². The van der Waals surface area contributed by atoms with Crippen LogP contribution >= 0.6 is 39.1 Å². The van der Waals surface area contributed by atoms with Gasteiger partial charge in [-0.15, -0.1) is 0 Å². The Morgan fingerprint density at radius 1 is 1.11 bits per heavy atom. The number of ether oxygens (including phenoxy) is 1. The summed E-state index contributed by atoms with van der Waals surface area (Å²) < 4.78 is 19.7. The van der Waals surface area contributed by atoms with Crippen LogP contribution in [-0.2, 0) is 6.61 Å². The van der Waals surface area contributed by atoms with Crippen LogP contribution in [-0.4, -0.2) is 5.11 Å². The lowest BCUT2D eigenvalue weighted by atomic mass is 10.2. The van der Waals surface area contributed by atoms with Gasteiger partial charge in [-0.05, 0) is 39.7 Å². The Labute approximate surface area is 127 Å². The summed E-state index contributed by atoms with van der Waals surface area (Å²) in [6.07, 6.45) is 0. The third-order valence-electron chi connectivity index (χ3n) is 2.37. The molecular weight excluding hydrogens is 358 g/mol. The maximum atomic E-state index is 13.7. The molecule has 0 bridgehead atoms. The van der Waals surface area contributed by atoms with Gasteiger partial charge < -0.3 is 9.84 Å². The average Bonchev–Trinajstić information content (AvgIpc) is 2.38. The summed E-state index contributed by atoms with van der Waals surface area (Å²) in [7, 11) is 0. The lowest BCUT2D eigenvalue weighted by molar-refractivity contribution is 0.281. The van der Waals surface area contributed by atoms with Gasteiger partial charge in [-0.1, -0.05) is 29.3 Å². The van der Waals surface area contributed by atoms with Crippen molar-refractivity contribution in [2.45, 2.75) is 6.61 Å². The summed E-state index contributed by atoms with van der Waals surface area (Å²) in [5, 5.41) is 9.62. The first-order valence-electron chi connectivity index (χ1n) is 5.23. The van der Waals surface area contributed by atoms with E-state index in [1.54, 1.807) is 12.1 Å². The van der Waals surface area contributed by atoms with Gasteiger partial charge in [0.15, 0.2) is 11.6 Å². The first-order valence-corrected chi connectivity index (χ1v) is 6.78. The zero-order valence-corrected chi connectivity index (χ0v) is 12.6. The predicted octanol–water partition coefficient (Wildman–Crippen LogP) is 5.18. The maximum Gasteiger partial charge on any atom is 0.166 e. The number of aliphatic hydroxyl groups excluding tert-OH is 1. The number of hydrogen-bond donors (Lipinski definition) is 1. The summed E-state index contributed by atoms with van der Waals surface area (Å²) in [6.45, 7) is -0.234. The average molecular weight is 366 g/mol. The molecule has 0 spiro atoms. The highest BCUT2D eigenvalue weighted by molar-refractivity contribution is 9.10. The molecule has 2 aromatic rings. The van der Waals surface area contributed by atoms with E-state index < -0.39 is 5.82 Å². The van der Waals surface area contributed by atoms with Crippen molar-refractivity contribution in [3.63, 3.8) is 0 Å². The van der Waals surface area contributed by atoms with E-state index in [4.69, 9.17) is 33.0 Å². The molecule has 100 valence electrons. The fourth-order valence-corrected chi connectivity index (χ4v) is 2.26. The molecule has 0 aliphatic heterocycles. The molecule has 0 aliphatic carbocycles. The van der Waals surface area contributed by atoms with Crippen molar-refractivity contribution in [3.8, 4) is 11.5 Å². The number of benzene rings is 2. The first-order chi connectivity index (χ1) is 9.01. The molecule has 0 saturated heterocycles. The molecule has 0 atom stereocenters. The molecule has 2 rings (SSSR count). The van der Waals surface area contributed by atoms with E-state index in [9.17, 15) is 4.39 Å². The van der Waals surface area contributed by atoms with E-state index in [1.165, 1.54) is 18.2 Å². The van der Waals surface area contributed by atoms with Crippen LogP contribution < -0.4 is 4.74 Å². The van der Waals surface area contributed by atoms with Crippen molar-refractivity contribution in [1.82, 2.24) is 0 Å². The third kappa shape index (κ3) is 3.39. The summed E-state index contributed by atoms with van der Waals surface area (Å²) in [5.74, 6) is -0.315. The summed E-state index contributed by atoms with van der Waals surface area (Å²) >= 11 is 15.1. The van der Waals surface area contributed by atoms with Crippen LogP contribution in [0.1, 0.15) is 5.56 Å². The van der Waals surface area contributed by atoms with Crippen LogP contribution in [0.15, 0.2) is 34.8 Å². The molecule has 0 saturated carbocycles. The van der Waals surface area contributed by atoms with E-state index in [0.717, 1.165) is 0 Å². The van der Waals surface area contributed by atoms with E-state index in [2.05, 4.69) is 15.9 Å². The van der Waals surface area contributed by atoms with Crippen molar-refractivity contribution in [2.24, 2.45) is 0 Å². The van der Waals surface area contributed by atoms with Crippen molar-refractivity contribution in [3.05, 3.63) is 56.2 Å². The first kappa shape index (κ1) is 14.6. The Morgan fingerprint density at radius 3 is 2.47 bits per heavy atom. The van der Waals surface area contributed by atoms with Gasteiger partial charge in [-0.2, -0.15) is 0 Å². The minimum Gasteiger partial charge on any atom is -0.453 e. The topological polar surface area (TPSA) is 29.5 Å². The van der Waals surface area contributed by atoms with E-state index in [-0.39, 0.29) is 18.1 Å². The Kier molecular flexibility index (Phi) is 4.68. The molecule has 0 heterocycles. The summed E-state index contributed by atoms with van der Waals surface area (Å²) in [5.41, 5.74) is 0.463. The van der Waals surface area contributed by atoms with Gasteiger partial charge in [-0.3, -0.25) is 0 Å². The lowest BCUT2D eigenvalue weighted by Gasteiger charge is -2.10. The minimum absolute atomic E-state index is 0.0116. The van der Waals surface area contributed by atoms with Crippen molar-refractivity contribution >= 4 is 39.1 Å². The van der Waals surface area contributed by atoms with Gasteiger partial charge in [0.05, 0.1) is 16.7 Å². The smallest absolute Gasteiger partial charge is 0.166 e. The monoisotopic (exact) mass is 364 g/mol. The molecule has 1 N–H and O–H groups in total. The van der Waals surface area contributed by atoms with Gasteiger partial charge in [0.2, 0.25) is 0 Å². The number of aliphatic hydroxyl groups is 1. The Balaban J connectivity index is 2.33. The molecule has 0 fully saturated rings. The second-order valence-electron chi connectivity index (χ2n) is 3.72. The largest absolute Gasteiger partial charge is 0.453 e. The molecule has 0 amide bonds. The molecular formula is C13H8BrCl2FO2. The molecule has 0 radical (unpaired) electrons. The van der Waals surface area contributed by atoms with Gasteiger partial charge >= 0.3 is 0 Å². The van der Waals surface area contributed by atoms with E-state index in [1.807, 2.05) is 0 Å². The van der Waals surface area contributed by atoms with Gasteiger partial charge in [0.25, 0.3) is 0 Å². The highest BCUT2D eigenvalue weighted by Crippen LogP contribution is 2.37. The fourth-order valence-electron chi connectivity index (χ4n) is 1.43. The molecule has 0 aromatic heterocycles. The SMILES string of the molecule is OCc1ccc(Oc2cc(Cl)c(Br)cc2Cl)c(F)c1. The van der Waals surface area contributed by atoms with Crippen LogP contribution in [0.2, 0.25) is 10.0 Å². The second kappa shape index (κ2) is 6.09. The number of hydrogen-bond acceptors (Lipinski definition) is 2. The van der Waals surface area contributed by atoms with Crippen LogP contribution in [0, 0.1) is 5.82 Å². The highest BCUT2D eigenvalue weighted by atomic mass is 79.9. The standard InChI is InChI=1S/C13H8BrCl2FO2/c14-8-4-10(16)13(5-9(8)15)19-12-2-1-7(6-18)3-11(12)17/h1-5,18H,6H2. The normalized spacial score (nSPS) is 10.6. The summed E-state index contributed by atoms with van der Waals surface area (Å²) in [4.78, 5) is 0. The van der Waals surface area contributed by atoms with Crippen molar-refractivity contribution in [2.75, 3.05) is 0 Å². The van der Waals surface area contributed by atoms with Crippen LogP contribution in [0.5, 0.6) is 11.5 Å². The summed E-state index contributed by atoms with van der Waals surface area (Å²) in [6, 6.07) is 7.25. The Morgan fingerprint density at radius 2 is 1.84 bits per heavy atom.